The van der Waals surface area contributed by atoms with Gasteiger partial charge in [-0.3, -0.25) is 0 Å². The van der Waals surface area contributed by atoms with Crippen LogP contribution in [-0.2, 0) is 9.53 Å². The van der Waals surface area contributed by atoms with E-state index in [0.717, 1.165) is 6.42 Å². The van der Waals surface area contributed by atoms with Gasteiger partial charge in [-0.2, -0.15) is 0 Å². The van der Waals surface area contributed by atoms with E-state index in [-0.39, 0.29) is 12.1 Å². The average molecular weight is 171 g/mol. The Kier molecular flexibility index (Phi) is 5.37. The van der Waals surface area contributed by atoms with Gasteiger partial charge in [0.05, 0.1) is 0 Å². The van der Waals surface area contributed by atoms with Gasteiger partial charge in [0.2, 0.25) is 0 Å². The van der Waals surface area contributed by atoms with Gasteiger partial charge in [0, 0.05) is 12.1 Å². The highest BCUT2D eigenvalue weighted by molar-refractivity contribution is 5.81. The van der Waals surface area contributed by atoms with Crippen LogP contribution in [0.3, 0.4) is 0 Å². The molecule has 70 valence electrons. The van der Waals surface area contributed by atoms with Crippen LogP contribution in [0.15, 0.2) is 12.7 Å². The topological polar surface area (TPSA) is 38.3 Å². The molecule has 0 rings (SSSR count). The highest BCUT2D eigenvalue weighted by Crippen LogP contribution is 2.01. The molecular weight excluding hydrogens is 154 g/mol. The third kappa shape index (κ3) is 4.91. The molecular formula is C9H17NO2. The summed E-state index contributed by atoms with van der Waals surface area (Å²) >= 11 is 0. The Bertz CT molecular complexity index is 157. The van der Waals surface area contributed by atoms with Gasteiger partial charge in [0.25, 0.3) is 0 Å². The first-order chi connectivity index (χ1) is 5.60. The minimum absolute atomic E-state index is 0.0575. The van der Waals surface area contributed by atoms with E-state index in [1.807, 2.05) is 20.9 Å². The molecule has 0 aromatic carbocycles. The second-order valence-corrected chi connectivity index (χ2v) is 2.88. The van der Waals surface area contributed by atoms with Crippen LogP contribution >= 0.6 is 0 Å². The fraction of sp³-hybridized carbons (Fsp3) is 0.667. The zero-order valence-corrected chi connectivity index (χ0v) is 7.96. The van der Waals surface area contributed by atoms with Crippen molar-refractivity contribution in [2.75, 3.05) is 7.05 Å². The summed E-state index contributed by atoms with van der Waals surface area (Å²) in [5, 5.41) is 3.07. The minimum atomic E-state index is -0.356. The highest BCUT2D eigenvalue weighted by atomic mass is 16.5. The van der Waals surface area contributed by atoms with Crippen LogP contribution in [0.1, 0.15) is 20.3 Å². The molecule has 0 saturated carbocycles. The number of rotatable bonds is 5. The second-order valence-electron chi connectivity index (χ2n) is 2.88. The van der Waals surface area contributed by atoms with Gasteiger partial charge >= 0.3 is 5.97 Å². The van der Waals surface area contributed by atoms with E-state index < -0.39 is 0 Å². The molecule has 0 saturated heterocycles. The fourth-order valence-electron chi connectivity index (χ4n) is 0.910. The van der Waals surface area contributed by atoms with E-state index in [1.165, 1.54) is 6.08 Å². The lowest BCUT2D eigenvalue weighted by atomic mass is 10.1. The molecule has 0 radical (unpaired) electrons. The SMILES string of the molecule is C=CC(=O)OC(C)CC(C)NC. The molecule has 12 heavy (non-hydrogen) atoms. The third-order valence-electron chi connectivity index (χ3n) is 1.66. The summed E-state index contributed by atoms with van der Waals surface area (Å²) in [6.45, 7) is 7.23. The highest BCUT2D eigenvalue weighted by Gasteiger charge is 2.09. The number of carbonyl (C=O) groups excluding carboxylic acids is 1. The first-order valence-corrected chi connectivity index (χ1v) is 4.10. The molecule has 0 amide bonds. The van der Waals surface area contributed by atoms with Gasteiger partial charge in [-0.25, -0.2) is 4.79 Å². The van der Waals surface area contributed by atoms with Crippen molar-refractivity contribution in [1.29, 1.82) is 0 Å². The van der Waals surface area contributed by atoms with Crippen LogP contribution in [0.4, 0.5) is 0 Å². The number of nitrogens with one attached hydrogen (secondary N) is 1. The lowest BCUT2D eigenvalue weighted by Crippen LogP contribution is -2.27. The van der Waals surface area contributed by atoms with E-state index in [1.54, 1.807) is 0 Å². The molecule has 3 nitrogen and oxygen atoms in total. The van der Waals surface area contributed by atoms with Crippen LogP contribution in [0.5, 0.6) is 0 Å². The van der Waals surface area contributed by atoms with Crippen molar-refractivity contribution in [1.82, 2.24) is 5.32 Å². The van der Waals surface area contributed by atoms with Crippen molar-refractivity contribution < 1.29 is 9.53 Å². The summed E-state index contributed by atoms with van der Waals surface area (Å²) in [5.74, 6) is -0.356. The predicted molar refractivity (Wildman–Crippen MR) is 48.9 cm³/mol. The predicted octanol–water partition coefficient (Wildman–Crippen LogP) is 1.10. The maximum absolute atomic E-state index is 10.7. The Labute approximate surface area is 73.8 Å². The molecule has 0 fully saturated rings. The first kappa shape index (κ1) is 11.2. The quantitative estimate of drug-likeness (QED) is 0.497. The van der Waals surface area contributed by atoms with Crippen LogP contribution in [0, 0.1) is 0 Å². The number of ether oxygens (including phenoxy) is 1. The van der Waals surface area contributed by atoms with Crippen LogP contribution in [0.2, 0.25) is 0 Å². The minimum Gasteiger partial charge on any atom is -0.459 e. The van der Waals surface area contributed by atoms with Gasteiger partial charge in [0.15, 0.2) is 0 Å². The summed E-state index contributed by atoms with van der Waals surface area (Å²) in [6.07, 6.45) is 1.94. The monoisotopic (exact) mass is 171 g/mol. The maximum Gasteiger partial charge on any atom is 0.330 e. The largest absolute Gasteiger partial charge is 0.459 e. The third-order valence-corrected chi connectivity index (χ3v) is 1.66. The molecule has 3 heteroatoms. The van der Waals surface area contributed by atoms with Gasteiger partial charge in [-0.1, -0.05) is 6.58 Å². The molecule has 2 atom stereocenters. The lowest BCUT2D eigenvalue weighted by Gasteiger charge is -2.16. The zero-order valence-electron chi connectivity index (χ0n) is 7.96. The van der Waals surface area contributed by atoms with E-state index >= 15 is 0 Å². The van der Waals surface area contributed by atoms with Crippen LogP contribution in [0.25, 0.3) is 0 Å². The summed E-state index contributed by atoms with van der Waals surface area (Å²) < 4.78 is 4.98. The standard InChI is InChI=1S/C9H17NO2/c1-5-9(11)12-8(3)6-7(2)10-4/h5,7-8,10H,1,6H2,2-4H3. The zero-order chi connectivity index (χ0) is 9.56. The lowest BCUT2D eigenvalue weighted by molar-refractivity contribution is -0.142. The number of hydrogen-bond donors (Lipinski definition) is 1. The first-order valence-electron chi connectivity index (χ1n) is 4.10. The number of esters is 1. The molecule has 1 N–H and O–H groups in total. The summed E-state index contributed by atoms with van der Waals surface area (Å²) in [7, 11) is 1.88. The fourth-order valence-corrected chi connectivity index (χ4v) is 0.910. The van der Waals surface area contributed by atoms with Crippen LogP contribution < -0.4 is 5.32 Å². The van der Waals surface area contributed by atoms with E-state index in [9.17, 15) is 4.79 Å². The number of carbonyl (C=O) groups is 1. The van der Waals surface area contributed by atoms with Gasteiger partial charge < -0.3 is 10.1 Å². The summed E-state index contributed by atoms with van der Waals surface area (Å²) in [6, 6.07) is 0.359. The molecule has 2 unspecified atom stereocenters. The maximum atomic E-state index is 10.7. The average Bonchev–Trinajstić information content (AvgIpc) is 2.03. The smallest absolute Gasteiger partial charge is 0.330 e. The molecule has 0 aliphatic rings. The van der Waals surface area contributed by atoms with Crippen LogP contribution in [-0.4, -0.2) is 25.2 Å². The van der Waals surface area contributed by atoms with Gasteiger partial charge in [-0.05, 0) is 27.3 Å². The molecule has 0 aliphatic carbocycles. The normalized spacial score (nSPS) is 14.9. The molecule has 0 spiro atoms. The molecule has 0 aromatic rings. The van der Waals surface area contributed by atoms with Crippen molar-refractivity contribution >= 4 is 5.97 Å². The molecule has 0 heterocycles. The van der Waals surface area contributed by atoms with Crippen molar-refractivity contribution in [3.05, 3.63) is 12.7 Å². The Hall–Kier alpha value is -0.830. The van der Waals surface area contributed by atoms with Crippen molar-refractivity contribution in [2.24, 2.45) is 0 Å². The van der Waals surface area contributed by atoms with Gasteiger partial charge in [0.1, 0.15) is 6.10 Å². The molecule has 0 aliphatic heterocycles. The van der Waals surface area contributed by atoms with E-state index in [0.29, 0.717) is 6.04 Å². The Balaban J connectivity index is 3.65. The molecule has 0 aromatic heterocycles. The summed E-state index contributed by atoms with van der Waals surface area (Å²) in [5.41, 5.74) is 0. The summed E-state index contributed by atoms with van der Waals surface area (Å²) in [4.78, 5) is 10.7. The second kappa shape index (κ2) is 5.77. The van der Waals surface area contributed by atoms with Crippen molar-refractivity contribution in [3.8, 4) is 0 Å². The van der Waals surface area contributed by atoms with Gasteiger partial charge in [-0.15, -0.1) is 0 Å². The van der Waals surface area contributed by atoms with E-state index in [4.69, 9.17) is 4.74 Å². The van der Waals surface area contributed by atoms with Crippen molar-refractivity contribution in [2.45, 2.75) is 32.4 Å². The van der Waals surface area contributed by atoms with E-state index in [2.05, 4.69) is 11.9 Å². The Morgan fingerprint density at radius 2 is 2.25 bits per heavy atom. The number of hydrogen-bond acceptors (Lipinski definition) is 3. The van der Waals surface area contributed by atoms with Crippen molar-refractivity contribution in [3.63, 3.8) is 0 Å². The Morgan fingerprint density at radius 3 is 2.67 bits per heavy atom. The Morgan fingerprint density at radius 1 is 1.67 bits per heavy atom. The molecule has 0 bridgehead atoms.